The molecule has 2 nitrogen and oxygen atoms in total. The fourth-order valence-corrected chi connectivity index (χ4v) is 2.00. The van der Waals surface area contributed by atoms with Gasteiger partial charge >= 0.3 is 0 Å². The van der Waals surface area contributed by atoms with Gasteiger partial charge in [-0.05, 0) is 25.7 Å². The maximum Gasteiger partial charge on any atom is 0.0729 e. The third kappa shape index (κ3) is 3.46. The van der Waals surface area contributed by atoms with Crippen molar-refractivity contribution in [3.8, 4) is 0 Å². The summed E-state index contributed by atoms with van der Waals surface area (Å²) in [7, 11) is 0. The van der Waals surface area contributed by atoms with E-state index >= 15 is 0 Å². The first-order valence-corrected chi connectivity index (χ1v) is 6.31. The van der Waals surface area contributed by atoms with Crippen molar-refractivity contribution in [1.82, 2.24) is 4.90 Å². The van der Waals surface area contributed by atoms with Crippen molar-refractivity contribution in [2.45, 2.75) is 59.8 Å². The summed E-state index contributed by atoms with van der Waals surface area (Å²) in [5, 5.41) is 0. The average molecular weight is 213 g/mol. The predicted molar refractivity (Wildman–Crippen MR) is 65.0 cm³/mol. The van der Waals surface area contributed by atoms with Gasteiger partial charge in [0, 0.05) is 19.1 Å². The van der Waals surface area contributed by atoms with Crippen LogP contribution in [0, 0.1) is 11.8 Å². The lowest BCUT2D eigenvalue weighted by Gasteiger charge is -2.43. The molecule has 0 unspecified atom stereocenters. The van der Waals surface area contributed by atoms with Crippen molar-refractivity contribution in [3.05, 3.63) is 0 Å². The quantitative estimate of drug-likeness (QED) is 0.715. The second-order valence-electron chi connectivity index (χ2n) is 5.75. The summed E-state index contributed by atoms with van der Waals surface area (Å²) in [5.41, 5.74) is 0. The van der Waals surface area contributed by atoms with Crippen LogP contribution in [-0.4, -0.2) is 36.2 Å². The Morgan fingerprint density at radius 3 is 1.53 bits per heavy atom. The highest BCUT2D eigenvalue weighted by molar-refractivity contribution is 4.82. The Hall–Kier alpha value is -0.0800. The first-order chi connectivity index (χ1) is 6.91. The summed E-state index contributed by atoms with van der Waals surface area (Å²) in [6, 6.07) is 0.636. The lowest BCUT2D eigenvalue weighted by Crippen LogP contribution is -2.53. The number of ether oxygens (including phenoxy) is 1. The largest absolute Gasteiger partial charge is 0.372 e. The van der Waals surface area contributed by atoms with Crippen LogP contribution in [-0.2, 0) is 4.74 Å². The summed E-state index contributed by atoms with van der Waals surface area (Å²) in [4.78, 5) is 2.55. The van der Waals surface area contributed by atoms with E-state index in [4.69, 9.17) is 4.74 Å². The van der Waals surface area contributed by atoms with Gasteiger partial charge in [-0.1, -0.05) is 27.7 Å². The average Bonchev–Trinajstić information content (AvgIpc) is 2.16. The molecular weight excluding hydrogens is 186 g/mol. The molecule has 0 aromatic rings. The Morgan fingerprint density at radius 2 is 1.27 bits per heavy atom. The molecule has 0 bridgehead atoms. The van der Waals surface area contributed by atoms with Gasteiger partial charge in [0.05, 0.1) is 12.2 Å². The molecule has 0 N–H and O–H groups in total. The molecule has 2 heteroatoms. The lowest BCUT2D eigenvalue weighted by atomic mass is 9.99. The van der Waals surface area contributed by atoms with Crippen LogP contribution >= 0.6 is 0 Å². The van der Waals surface area contributed by atoms with Gasteiger partial charge in [0.15, 0.2) is 0 Å². The van der Waals surface area contributed by atoms with Gasteiger partial charge in [-0.15, -0.1) is 0 Å². The van der Waals surface area contributed by atoms with Crippen LogP contribution in [0.2, 0.25) is 0 Å². The van der Waals surface area contributed by atoms with Crippen molar-refractivity contribution in [3.63, 3.8) is 0 Å². The maximum atomic E-state index is 6.15. The minimum absolute atomic E-state index is 0.411. The number of rotatable bonds is 3. The lowest BCUT2D eigenvalue weighted by molar-refractivity contribution is -0.125. The third-order valence-corrected chi connectivity index (χ3v) is 3.40. The fourth-order valence-electron chi connectivity index (χ4n) is 2.00. The highest BCUT2D eigenvalue weighted by Gasteiger charge is 2.31. The Labute approximate surface area is 95.0 Å². The second kappa shape index (κ2) is 5.31. The topological polar surface area (TPSA) is 12.5 Å². The van der Waals surface area contributed by atoms with Crippen LogP contribution in [0.25, 0.3) is 0 Å². The minimum Gasteiger partial charge on any atom is -0.372 e. The van der Waals surface area contributed by atoms with Crippen LogP contribution in [0.5, 0.6) is 0 Å². The van der Waals surface area contributed by atoms with Crippen LogP contribution in [0.3, 0.4) is 0 Å². The number of morpholine rings is 1. The van der Waals surface area contributed by atoms with Crippen LogP contribution < -0.4 is 0 Å². The van der Waals surface area contributed by atoms with E-state index in [0.29, 0.717) is 30.1 Å². The Bertz CT molecular complexity index is 150. The zero-order valence-electron chi connectivity index (χ0n) is 11.2. The van der Waals surface area contributed by atoms with Crippen LogP contribution in [0.15, 0.2) is 0 Å². The van der Waals surface area contributed by atoms with Gasteiger partial charge in [0.2, 0.25) is 0 Å². The zero-order chi connectivity index (χ0) is 11.6. The van der Waals surface area contributed by atoms with E-state index in [-0.39, 0.29) is 0 Å². The molecule has 1 aliphatic heterocycles. The van der Waals surface area contributed by atoms with E-state index in [0.717, 1.165) is 13.1 Å². The Balaban J connectivity index is 2.64. The van der Waals surface area contributed by atoms with Gasteiger partial charge in [-0.3, -0.25) is 4.90 Å². The number of hydrogen-bond acceptors (Lipinski definition) is 2. The van der Waals surface area contributed by atoms with E-state index < -0.39 is 0 Å². The fraction of sp³-hybridized carbons (Fsp3) is 1.00. The van der Waals surface area contributed by atoms with E-state index in [2.05, 4.69) is 46.4 Å². The first-order valence-electron chi connectivity index (χ1n) is 6.31. The molecule has 0 aromatic heterocycles. The monoisotopic (exact) mass is 213 g/mol. The Morgan fingerprint density at radius 1 is 0.867 bits per heavy atom. The van der Waals surface area contributed by atoms with E-state index in [1.165, 1.54) is 0 Å². The van der Waals surface area contributed by atoms with Gasteiger partial charge in [-0.2, -0.15) is 0 Å². The molecule has 15 heavy (non-hydrogen) atoms. The second-order valence-corrected chi connectivity index (χ2v) is 5.75. The molecule has 2 atom stereocenters. The normalized spacial score (nSPS) is 29.4. The zero-order valence-corrected chi connectivity index (χ0v) is 11.2. The van der Waals surface area contributed by atoms with Gasteiger partial charge in [0.25, 0.3) is 0 Å². The molecule has 0 aromatic carbocycles. The summed E-state index contributed by atoms with van der Waals surface area (Å²) >= 11 is 0. The predicted octanol–water partition coefficient (Wildman–Crippen LogP) is 2.78. The number of nitrogens with zero attached hydrogens (tertiary/aromatic N) is 1. The van der Waals surface area contributed by atoms with E-state index in [1.54, 1.807) is 0 Å². The molecular formula is C13H27NO. The van der Waals surface area contributed by atoms with Gasteiger partial charge in [-0.25, -0.2) is 0 Å². The molecule has 1 rings (SSSR count). The summed E-state index contributed by atoms with van der Waals surface area (Å²) in [5.74, 6) is 1.24. The van der Waals surface area contributed by atoms with Crippen LogP contribution in [0.4, 0.5) is 0 Å². The van der Waals surface area contributed by atoms with Gasteiger partial charge in [0.1, 0.15) is 0 Å². The highest BCUT2D eigenvalue weighted by Crippen LogP contribution is 2.23. The van der Waals surface area contributed by atoms with E-state index in [1.807, 2.05) is 0 Å². The molecule has 1 fully saturated rings. The molecule has 1 heterocycles. The van der Waals surface area contributed by atoms with Crippen molar-refractivity contribution in [1.29, 1.82) is 0 Å². The highest BCUT2D eigenvalue weighted by atomic mass is 16.5. The maximum absolute atomic E-state index is 6.15. The molecule has 0 radical (unpaired) electrons. The smallest absolute Gasteiger partial charge is 0.0729 e. The molecule has 1 aliphatic rings. The Kier molecular flexibility index (Phi) is 4.60. The molecule has 0 aliphatic carbocycles. The van der Waals surface area contributed by atoms with Crippen molar-refractivity contribution < 1.29 is 4.74 Å². The molecule has 0 saturated carbocycles. The van der Waals surface area contributed by atoms with E-state index in [9.17, 15) is 0 Å². The van der Waals surface area contributed by atoms with Crippen molar-refractivity contribution in [2.24, 2.45) is 11.8 Å². The molecule has 90 valence electrons. The van der Waals surface area contributed by atoms with Crippen LogP contribution in [0.1, 0.15) is 41.5 Å². The molecule has 0 spiro atoms. The SMILES string of the molecule is CC(C)[C@H]1CN(C(C)C)C[C@H](C(C)C)O1. The molecule has 1 saturated heterocycles. The van der Waals surface area contributed by atoms with Crippen molar-refractivity contribution in [2.75, 3.05) is 13.1 Å². The van der Waals surface area contributed by atoms with Crippen molar-refractivity contribution >= 4 is 0 Å². The number of hydrogen-bond donors (Lipinski definition) is 0. The molecule has 0 amide bonds. The summed E-state index contributed by atoms with van der Waals surface area (Å²) in [6.45, 7) is 15.8. The summed E-state index contributed by atoms with van der Waals surface area (Å²) < 4.78 is 6.15. The van der Waals surface area contributed by atoms with Gasteiger partial charge < -0.3 is 4.74 Å². The summed E-state index contributed by atoms with van der Waals surface area (Å²) in [6.07, 6.45) is 0.821. The minimum atomic E-state index is 0.411. The standard InChI is InChI=1S/C13H27NO/c1-9(2)12-7-14(11(5)6)8-13(15-12)10(3)4/h9-13H,7-8H2,1-6H3/t12-,13-/m1/s1. The third-order valence-electron chi connectivity index (χ3n) is 3.40. The first kappa shape index (κ1) is 13.0.